The average molecular weight is 298 g/mol. The van der Waals surface area contributed by atoms with Gasteiger partial charge in [0.15, 0.2) is 0 Å². The van der Waals surface area contributed by atoms with Crippen LogP contribution < -0.4 is 10.6 Å². The van der Waals surface area contributed by atoms with Crippen LogP contribution in [0, 0.1) is 0 Å². The van der Waals surface area contributed by atoms with Gasteiger partial charge in [0.1, 0.15) is 0 Å². The Morgan fingerprint density at radius 1 is 1.05 bits per heavy atom. The van der Waals surface area contributed by atoms with Crippen LogP contribution in [0.1, 0.15) is 55.7 Å². The lowest BCUT2D eigenvalue weighted by Crippen LogP contribution is -2.56. The smallest absolute Gasteiger partial charge is 0.0870 e. The summed E-state index contributed by atoms with van der Waals surface area (Å²) in [4.78, 5) is 2.71. The third-order valence-corrected chi connectivity index (χ3v) is 5.76. The van der Waals surface area contributed by atoms with Crippen LogP contribution in [-0.4, -0.2) is 36.7 Å². The fourth-order valence-electron chi connectivity index (χ4n) is 4.56. The molecule has 1 saturated heterocycles. The molecule has 2 fully saturated rings. The third-order valence-electron chi connectivity index (χ3n) is 5.76. The summed E-state index contributed by atoms with van der Waals surface area (Å²) in [5, 5.41) is 8.69. The van der Waals surface area contributed by atoms with E-state index in [1.807, 2.05) is 0 Å². The monoisotopic (exact) mass is 298 g/mol. The Hall–Kier alpha value is -0.900. The summed E-state index contributed by atoms with van der Waals surface area (Å²) >= 11 is 0. The molecule has 0 aromatic heterocycles. The molecule has 3 nitrogen and oxygen atoms in total. The van der Waals surface area contributed by atoms with Gasteiger partial charge in [-0.05, 0) is 36.8 Å². The first-order chi connectivity index (χ1) is 10.9. The molecule has 22 heavy (non-hydrogen) atoms. The Labute approximate surface area is 134 Å². The minimum absolute atomic E-state index is 0.326. The summed E-state index contributed by atoms with van der Waals surface area (Å²) < 4.78 is 0. The number of hydrogen-bond donors (Lipinski definition) is 1. The average Bonchev–Trinajstić information content (AvgIpc) is 2.99. The van der Waals surface area contributed by atoms with Gasteiger partial charge < -0.3 is 0 Å². The third kappa shape index (κ3) is 3.08. The molecule has 2 atom stereocenters. The molecule has 2 unspecified atom stereocenters. The van der Waals surface area contributed by atoms with Crippen LogP contribution in [0.25, 0.3) is 0 Å². The Bertz CT molecular complexity index is 495. The molecule has 1 radical (unpaired) electrons. The zero-order valence-electron chi connectivity index (χ0n) is 13.5. The van der Waals surface area contributed by atoms with E-state index in [2.05, 4.69) is 34.5 Å². The summed E-state index contributed by atoms with van der Waals surface area (Å²) in [5.41, 5.74) is 3.03. The van der Waals surface area contributed by atoms with E-state index in [0.717, 1.165) is 19.1 Å². The van der Waals surface area contributed by atoms with Crippen LogP contribution in [0.2, 0.25) is 0 Å². The van der Waals surface area contributed by atoms with E-state index >= 15 is 0 Å². The van der Waals surface area contributed by atoms with Crippen molar-refractivity contribution >= 4 is 0 Å². The molecule has 3 aliphatic rings. The fraction of sp³-hybridized carbons (Fsp3) is 0.684. The van der Waals surface area contributed by atoms with Crippen molar-refractivity contribution in [2.75, 3.05) is 19.6 Å². The van der Waals surface area contributed by atoms with Crippen molar-refractivity contribution in [3.05, 3.63) is 35.4 Å². The van der Waals surface area contributed by atoms with Gasteiger partial charge in [-0.3, -0.25) is 10.2 Å². The SMILES string of the molecule is c1ccc2c(c1)CCC2NC1CN(C2CCCCC2)CC[N]1. The van der Waals surface area contributed by atoms with Gasteiger partial charge in [0, 0.05) is 31.7 Å². The molecule has 4 rings (SSSR count). The van der Waals surface area contributed by atoms with E-state index in [4.69, 9.17) is 5.32 Å². The molecule has 1 heterocycles. The minimum atomic E-state index is 0.326. The summed E-state index contributed by atoms with van der Waals surface area (Å²) in [6.45, 7) is 3.29. The minimum Gasteiger partial charge on any atom is -0.296 e. The van der Waals surface area contributed by atoms with Crippen LogP contribution in [0.4, 0.5) is 0 Å². The van der Waals surface area contributed by atoms with Crippen molar-refractivity contribution in [2.45, 2.75) is 63.2 Å². The molecule has 119 valence electrons. The summed E-state index contributed by atoms with van der Waals surface area (Å²) in [7, 11) is 0. The number of fused-ring (bicyclic) bond motifs is 1. The first-order valence-electron chi connectivity index (χ1n) is 9.15. The van der Waals surface area contributed by atoms with Crippen LogP contribution in [-0.2, 0) is 6.42 Å². The van der Waals surface area contributed by atoms with Gasteiger partial charge in [-0.15, -0.1) is 0 Å². The van der Waals surface area contributed by atoms with Gasteiger partial charge in [-0.1, -0.05) is 43.5 Å². The van der Waals surface area contributed by atoms with Gasteiger partial charge in [0.05, 0.1) is 6.17 Å². The van der Waals surface area contributed by atoms with Gasteiger partial charge >= 0.3 is 0 Å². The molecule has 1 aromatic rings. The van der Waals surface area contributed by atoms with E-state index in [1.54, 1.807) is 0 Å². The molecule has 1 N–H and O–H groups in total. The lowest BCUT2D eigenvalue weighted by Gasteiger charge is -2.40. The van der Waals surface area contributed by atoms with E-state index in [-0.39, 0.29) is 0 Å². The lowest BCUT2D eigenvalue weighted by atomic mass is 9.93. The molecule has 0 bridgehead atoms. The van der Waals surface area contributed by atoms with Gasteiger partial charge in [0.2, 0.25) is 0 Å². The first kappa shape index (κ1) is 14.7. The van der Waals surface area contributed by atoms with E-state index in [9.17, 15) is 0 Å². The Morgan fingerprint density at radius 2 is 1.91 bits per heavy atom. The normalized spacial score (nSPS) is 30.4. The number of nitrogens with one attached hydrogen (secondary N) is 1. The van der Waals surface area contributed by atoms with E-state index in [0.29, 0.717) is 12.2 Å². The zero-order valence-corrected chi connectivity index (χ0v) is 13.5. The first-order valence-corrected chi connectivity index (χ1v) is 9.15. The lowest BCUT2D eigenvalue weighted by molar-refractivity contribution is 0.0995. The quantitative estimate of drug-likeness (QED) is 0.930. The second-order valence-corrected chi connectivity index (χ2v) is 7.17. The van der Waals surface area contributed by atoms with Crippen molar-refractivity contribution in [1.82, 2.24) is 15.5 Å². The molecule has 1 saturated carbocycles. The number of nitrogens with zero attached hydrogens (tertiary/aromatic N) is 2. The maximum Gasteiger partial charge on any atom is 0.0870 e. The molecule has 0 spiro atoms. The Balaban J connectivity index is 1.37. The molecular formula is C19H28N3. The largest absolute Gasteiger partial charge is 0.296 e. The standard InChI is InChI=1S/C19H28N3/c1-2-7-16(8-3-1)22-13-12-20-19(14-22)21-18-11-10-15-6-4-5-9-17(15)18/h4-6,9,16,18-19,21H,1-3,7-8,10-14H2. The Morgan fingerprint density at radius 3 is 2.82 bits per heavy atom. The van der Waals surface area contributed by atoms with Crippen LogP contribution in [0.3, 0.4) is 0 Å². The zero-order chi connectivity index (χ0) is 14.8. The van der Waals surface area contributed by atoms with Crippen molar-refractivity contribution in [1.29, 1.82) is 0 Å². The van der Waals surface area contributed by atoms with Gasteiger partial charge in [-0.25, -0.2) is 5.32 Å². The second kappa shape index (κ2) is 6.69. The summed E-state index contributed by atoms with van der Waals surface area (Å²) in [5.74, 6) is 0. The fourth-order valence-corrected chi connectivity index (χ4v) is 4.56. The number of piperazine rings is 1. The van der Waals surface area contributed by atoms with Crippen molar-refractivity contribution in [3.8, 4) is 0 Å². The maximum absolute atomic E-state index is 4.86. The number of hydrogen-bond acceptors (Lipinski definition) is 2. The molecule has 3 heteroatoms. The van der Waals surface area contributed by atoms with Crippen LogP contribution >= 0.6 is 0 Å². The highest BCUT2D eigenvalue weighted by Crippen LogP contribution is 2.31. The number of rotatable bonds is 3. The van der Waals surface area contributed by atoms with Gasteiger partial charge in [-0.2, -0.15) is 0 Å². The second-order valence-electron chi connectivity index (χ2n) is 7.17. The molecule has 2 aliphatic carbocycles. The van der Waals surface area contributed by atoms with Crippen molar-refractivity contribution in [2.24, 2.45) is 0 Å². The molecule has 1 aliphatic heterocycles. The topological polar surface area (TPSA) is 29.4 Å². The van der Waals surface area contributed by atoms with Gasteiger partial charge in [0.25, 0.3) is 0 Å². The van der Waals surface area contributed by atoms with Crippen molar-refractivity contribution < 1.29 is 0 Å². The van der Waals surface area contributed by atoms with E-state index in [1.165, 1.54) is 62.6 Å². The summed E-state index contributed by atoms with van der Waals surface area (Å²) in [6.07, 6.45) is 9.86. The Kier molecular flexibility index (Phi) is 4.47. The van der Waals surface area contributed by atoms with Crippen molar-refractivity contribution in [3.63, 3.8) is 0 Å². The number of aryl methyl sites for hydroxylation is 1. The summed E-state index contributed by atoms with van der Waals surface area (Å²) in [6, 6.07) is 10.2. The number of benzene rings is 1. The molecule has 1 aromatic carbocycles. The highest BCUT2D eigenvalue weighted by Gasteiger charge is 2.30. The van der Waals surface area contributed by atoms with Crippen LogP contribution in [0.5, 0.6) is 0 Å². The van der Waals surface area contributed by atoms with E-state index < -0.39 is 0 Å². The molecule has 0 amide bonds. The predicted molar refractivity (Wildman–Crippen MR) is 89.9 cm³/mol. The highest BCUT2D eigenvalue weighted by atomic mass is 15.3. The van der Waals surface area contributed by atoms with Crippen LogP contribution in [0.15, 0.2) is 24.3 Å². The predicted octanol–water partition coefficient (Wildman–Crippen LogP) is 2.84. The molecular weight excluding hydrogens is 270 g/mol. The highest BCUT2D eigenvalue weighted by molar-refractivity contribution is 5.34. The maximum atomic E-state index is 4.86.